The van der Waals surface area contributed by atoms with E-state index in [2.05, 4.69) is 113 Å². The fourth-order valence-electron chi connectivity index (χ4n) is 5.74. The zero-order valence-corrected chi connectivity index (χ0v) is 24.9. The Balaban J connectivity index is 1.50. The second-order valence-electron chi connectivity index (χ2n) is 11.4. The number of rotatable bonds is 13. The third kappa shape index (κ3) is 7.84. The molecule has 1 aliphatic carbocycles. The lowest BCUT2D eigenvalue weighted by Gasteiger charge is -2.22. The molecule has 0 amide bonds. The first kappa shape index (κ1) is 29.6. The van der Waals surface area contributed by atoms with Gasteiger partial charge >= 0.3 is 5.97 Å². The molecular formula is C38H46O2. The number of ether oxygens (including phenoxy) is 1. The van der Waals surface area contributed by atoms with Crippen molar-refractivity contribution in [3.05, 3.63) is 102 Å². The summed E-state index contributed by atoms with van der Waals surface area (Å²) in [5.41, 5.74) is 9.80. The van der Waals surface area contributed by atoms with Crippen LogP contribution in [0.3, 0.4) is 0 Å². The van der Waals surface area contributed by atoms with Gasteiger partial charge in [0.1, 0.15) is 6.10 Å². The third-order valence-corrected chi connectivity index (χ3v) is 8.11. The largest absolute Gasteiger partial charge is 0.458 e. The maximum Gasteiger partial charge on any atom is 0.309 e. The Hall–Kier alpha value is -3.39. The lowest BCUT2D eigenvalue weighted by atomic mass is 9.90. The van der Waals surface area contributed by atoms with Crippen molar-refractivity contribution in [2.75, 3.05) is 0 Å². The minimum Gasteiger partial charge on any atom is -0.458 e. The van der Waals surface area contributed by atoms with Crippen molar-refractivity contribution < 1.29 is 9.53 Å². The molecule has 3 aromatic carbocycles. The van der Waals surface area contributed by atoms with Gasteiger partial charge in [-0.15, -0.1) is 0 Å². The van der Waals surface area contributed by atoms with Gasteiger partial charge in [0.05, 0.1) is 5.92 Å². The average molecular weight is 535 g/mol. The molecule has 0 saturated heterocycles. The highest BCUT2D eigenvalue weighted by atomic mass is 16.5. The summed E-state index contributed by atoms with van der Waals surface area (Å²) in [4.78, 5) is 13.2. The molecule has 0 saturated carbocycles. The number of benzene rings is 3. The second kappa shape index (κ2) is 14.8. The molecule has 0 bridgehead atoms. The van der Waals surface area contributed by atoms with E-state index < -0.39 is 0 Å². The monoisotopic (exact) mass is 534 g/mol. The van der Waals surface area contributed by atoms with Gasteiger partial charge in [-0.3, -0.25) is 4.79 Å². The molecule has 0 N–H and O–H groups in total. The number of hydrogen-bond acceptors (Lipinski definition) is 2. The first-order chi connectivity index (χ1) is 19.5. The highest BCUT2D eigenvalue weighted by Gasteiger charge is 2.23. The number of carbonyl (C=O) groups excluding carboxylic acids is 1. The first-order valence-corrected chi connectivity index (χ1v) is 15.4. The lowest BCUT2D eigenvalue weighted by molar-refractivity contribution is -0.152. The third-order valence-electron chi connectivity index (χ3n) is 8.11. The summed E-state index contributed by atoms with van der Waals surface area (Å²) < 4.78 is 6.10. The van der Waals surface area contributed by atoms with Crippen LogP contribution in [-0.4, -0.2) is 12.1 Å². The minimum absolute atomic E-state index is 0.0146. The first-order valence-electron chi connectivity index (χ1n) is 15.4. The van der Waals surface area contributed by atoms with E-state index in [1.165, 1.54) is 52.6 Å². The molecule has 0 fully saturated rings. The van der Waals surface area contributed by atoms with E-state index in [1.54, 1.807) is 0 Å². The van der Waals surface area contributed by atoms with Crippen molar-refractivity contribution in [2.24, 2.45) is 5.92 Å². The van der Waals surface area contributed by atoms with E-state index in [9.17, 15) is 4.79 Å². The molecule has 0 heterocycles. The van der Waals surface area contributed by atoms with Crippen molar-refractivity contribution >= 4 is 11.5 Å². The second-order valence-corrected chi connectivity index (χ2v) is 11.4. The Labute approximate surface area is 242 Å². The Morgan fingerprint density at radius 2 is 1.43 bits per heavy atom. The number of aryl methyl sites for hydroxylation is 2. The van der Waals surface area contributed by atoms with Crippen molar-refractivity contribution in [1.82, 2.24) is 0 Å². The van der Waals surface area contributed by atoms with Crippen LogP contribution in [0.1, 0.15) is 88.3 Å². The lowest BCUT2D eigenvalue weighted by Crippen LogP contribution is -2.24. The van der Waals surface area contributed by atoms with Crippen molar-refractivity contribution in [1.29, 1.82) is 0 Å². The van der Waals surface area contributed by atoms with Gasteiger partial charge in [-0.2, -0.15) is 0 Å². The van der Waals surface area contributed by atoms with Gasteiger partial charge in [0.15, 0.2) is 0 Å². The topological polar surface area (TPSA) is 26.3 Å². The summed E-state index contributed by atoms with van der Waals surface area (Å²) >= 11 is 0. The molecule has 2 atom stereocenters. The van der Waals surface area contributed by atoms with Crippen LogP contribution in [0.4, 0.5) is 0 Å². The minimum atomic E-state index is -0.204. The number of unbranched alkanes of at least 4 members (excludes halogenated alkanes) is 4. The van der Waals surface area contributed by atoms with Crippen LogP contribution in [-0.2, 0) is 9.53 Å². The van der Waals surface area contributed by atoms with Crippen LogP contribution in [0.5, 0.6) is 0 Å². The average Bonchev–Trinajstić information content (AvgIpc) is 2.98. The standard InChI is InChI=1S/C38H46O2/c1-5-7-9-11-19-31(16-8-6-2)38(39)40-35-23-15-21-33(27-35)32-20-14-22-34(26-32)37-25-28(3)36(24-29(37)4)30-17-12-10-13-18-30/h10,12-15,17-18,20-22,24-27,31,35H,5-9,11,16,19,23H2,1-4H3. The van der Waals surface area contributed by atoms with Crippen LogP contribution in [0, 0.1) is 19.8 Å². The van der Waals surface area contributed by atoms with E-state index in [0.29, 0.717) is 0 Å². The van der Waals surface area contributed by atoms with Gasteiger partial charge in [-0.1, -0.05) is 125 Å². The Morgan fingerprint density at radius 3 is 2.15 bits per heavy atom. The summed E-state index contributed by atoms with van der Waals surface area (Å²) in [5, 5.41) is 0. The SMILES string of the molecule is CCCCCCC(CCCC)C(=O)OC1C=C(c2cccc(-c3cc(C)c(-c4ccccc4)cc3C)c2)C=CC1. The maximum absolute atomic E-state index is 13.2. The van der Waals surface area contributed by atoms with Gasteiger partial charge < -0.3 is 4.74 Å². The molecule has 0 aromatic heterocycles. The van der Waals surface area contributed by atoms with Gasteiger partial charge in [-0.25, -0.2) is 0 Å². The van der Waals surface area contributed by atoms with E-state index in [4.69, 9.17) is 4.74 Å². The summed E-state index contributed by atoms with van der Waals surface area (Å²) in [7, 11) is 0. The highest BCUT2D eigenvalue weighted by Crippen LogP contribution is 2.34. The predicted molar refractivity (Wildman–Crippen MR) is 170 cm³/mol. The molecule has 0 aliphatic heterocycles. The van der Waals surface area contributed by atoms with Gasteiger partial charge in [0.25, 0.3) is 0 Å². The molecule has 2 nitrogen and oxygen atoms in total. The van der Waals surface area contributed by atoms with Crippen molar-refractivity contribution in [3.63, 3.8) is 0 Å². The summed E-state index contributed by atoms with van der Waals surface area (Å²) in [6.45, 7) is 8.80. The van der Waals surface area contributed by atoms with Crippen LogP contribution in [0.2, 0.25) is 0 Å². The summed E-state index contributed by atoms with van der Waals surface area (Å²) in [6, 6.07) is 23.9. The number of allylic oxidation sites excluding steroid dienone is 2. The van der Waals surface area contributed by atoms with E-state index in [1.807, 2.05) is 0 Å². The Bertz CT molecular complexity index is 1310. The van der Waals surface area contributed by atoms with Crippen LogP contribution in [0.15, 0.2) is 85.0 Å². The van der Waals surface area contributed by atoms with Crippen LogP contribution < -0.4 is 0 Å². The maximum atomic E-state index is 13.2. The number of esters is 1. The molecular weight excluding hydrogens is 488 g/mol. The molecule has 210 valence electrons. The number of carbonyl (C=O) groups is 1. The molecule has 0 spiro atoms. The fourth-order valence-corrected chi connectivity index (χ4v) is 5.74. The van der Waals surface area contributed by atoms with Gasteiger partial charge in [0.2, 0.25) is 0 Å². The van der Waals surface area contributed by atoms with E-state index >= 15 is 0 Å². The molecule has 1 aliphatic rings. The smallest absolute Gasteiger partial charge is 0.309 e. The van der Waals surface area contributed by atoms with Gasteiger partial charge in [-0.05, 0) is 83.3 Å². The number of hydrogen-bond donors (Lipinski definition) is 0. The summed E-state index contributed by atoms with van der Waals surface area (Å²) in [5.74, 6) is 0.00664. The van der Waals surface area contributed by atoms with Gasteiger partial charge in [0, 0.05) is 6.42 Å². The van der Waals surface area contributed by atoms with Crippen molar-refractivity contribution in [2.45, 2.75) is 91.6 Å². The zero-order chi connectivity index (χ0) is 28.3. The molecule has 2 heteroatoms. The molecule has 0 radical (unpaired) electrons. The zero-order valence-electron chi connectivity index (χ0n) is 24.9. The predicted octanol–water partition coefficient (Wildman–Crippen LogP) is 10.7. The van der Waals surface area contributed by atoms with E-state index in [0.717, 1.165) is 49.7 Å². The van der Waals surface area contributed by atoms with Crippen LogP contribution in [0.25, 0.3) is 27.8 Å². The molecule has 4 rings (SSSR count). The Kier molecular flexibility index (Phi) is 11.0. The van der Waals surface area contributed by atoms with E-state index in [-0.39, 0.29) is 18.0 Å². The Morgan fingerprint density at radius 1 is 0.775 bits per heavy atom. The van der Waals surface area contributed by atoms with Crippen LogP contribution >= 0.6 is 0 Å². The summed E-state index contributed by atoms with van der Waals surface area (Å²) in [6.07, 6.45) is 15.8. The molecule has 2 unspecified atom stereocenters. The van der Waals surface area contributed by atoms with Crippen molar-refractivity contribution in [3.8, 4) is 22.3 Å². The molecule has 40 heavy (non-hydrogen) atoms. The fraction of sp³-hybridized carbons (Fsp3) is 0.395. The quantitative estimate of drug-likeness (QED) is 0.161. The highest BCUT2D eigenvalue weighted by molar-refractivity contribution is 5.82. The normalized spacial score (nSPS) is 15.5. The molecule has 3 aromatic rings.